The number of halogens is 3. The standard InChI is InChI=1S/C28H29F3N4O5S2/c1-16-33-34-27(42-16)41-15-21-13-23(18-6-4-17(14-36)5-7-18)40-25(39-21)19-8-10-20(11-9-19)32-24(37)22-3-2-12-35(22)26(38)28(29,30)31/h4-11,21-23,25,36H,2-3,12-15H2,1H3,(H,32,37)/t21-,22+,23+,25+/m1/s1. The van der Waals surface area contributed by atoms with Gasteiger partial charge in [-0.25, -0.2) is 0 Å². The van der Waals surface area contributed by atoms with E-state index in [1.165, 1.54) is 11.3 Å². The van der Waals surface area contributed by atoms with Crippen molar-refractivity contribution >= 4 is 40.6 Å². The molecular weight excluding hydrogens is 593 g/mol. The molecule has 2 aliphatic heterocycles. The van der Waals surface area contributed by atoms with Gasteiger partial charge in [0.1, 0.15) is 11.0 Å². The van der Waals surface area contributed by atoms with Gasteiger partial charge in [-0.1, -0.05) is 59.5 Å². The maximum absolute atomic E-state index is 13.0. The van der Waals surface area contributed by atoms with Gasteiger partial charge in [-0.2, -0.15) is 13.2 Å². The summed E-state index contributed by atoms with van der Waals surface area (Å²) in [4.78, 5) is 25.1. The van der Waals surface area contributed by atoms with Crippen LogP contribution in [0.2, 0.25) is 0 Å². The molecule has 2 N–H and O–H groups in total. The number of likely N-dealkylation sites (tertiary alicyclic amines) is 1. The van der Waals surface area contributed by atoms with Crippen LogP contribution in [0, 0.1) is 6.92 Å². The number of hydrogen-bond donors (Lipinski definition) is 2. The van der Waals surface area contributed by atoms with Crippen molar-refractivity contribution in [3.05, 3.63) is 70.2 Å². The van der Waals surface area contributed by atoms with Crippen molar-refractivity contribution in [2.45, 2.75) is 67.8 Å². The molecular formula is C28H29F3N4O5S2. The number of benzene rings is 2. The van der Waals surface area contributed by atoms with Crippen molar-refractivity contribution in [2.24, 2.45) is 0 Å². The normalized spacial score (nSPS) is 22.7. The Hall–Kier alpha value is -3.04. The number of carbonyl (C=O) groups excluding carboxylic acids is 2. The molecule has 2 fully saturated rings. The second-order valence-corrected chi connectivity index (χ2v) is 12.5. The lowest BCUT2D eigenvalue weighted by molar-refractivity contribution is -0.245. The molecule has 3 heterocycles. The van der Waals surface area contributed by atoms with Gasteiger partial charge in [-0.3, -0.25) is 9.59 Å². The van der Waals surface area contributed by atoms with Crippen LogP contribution < -0.4 is 5.32 Å². The smallest absolute Gasteiger partial charge is 0.392 e. The molecule has 2 aliphatic rings. The van der Waals surface area contributed by atoms with Gasteiger partial charge in [0.25, 0.3) is 0 Å². The zero-order valence-corrected chi connectivity index (χ0v) is 24.2. The van der Waals surface area contributed by atoms with Gasteiger partial charge in [-0.15, -0.1) is 10.2 Å². The summed E-state index contributed by atoms with van der Waals surface area (Å²) in [5.74, 6) is -2.04. The van der Waals surface area contributed by atoms with Gasteiger partial charge >= 0.3 is 12.1 Å². The predicted molar refractivity (Wildman–Crippen MR) is 150 cm³/mol. The molecule has 0 radical (unpaired) electrons. The van der Waals surface area contributed by atoms with Gasteiger partial charge in [0, 0.05) is 30.0 Å². The molecule has 14 heteroatoms. The first-order chi connectivity index (χ1) is 20.1. The van der Waals surface area contributed by atoms with E-state index in [2.05, 4.69) is 15.5 Å². The molecule has 1 aromatic heterocycles. The van der Waals surface area contributed by atoms with Crippen LogP contribution in [0.1, 0.15) is 53.4 Å². The minimum Gasteiger partial charge on any atom is -0.392 e. The minimum absolute atomic E-state index is 0.0572. The summed E-state index contributed by atoms with van der Waals surface area (Å²) in [5, 5.41) is 21.1. The van der Waals surface area contributed by atoms with Crippen LogP contribution in [0.25, 0.3) is 0 Å². The Kier molecular flexibility index (Phi) is 9.47. The van der Waals surface area contributed by atoms with E-state index >= 15 is 0 Å². The summed E-state index contributed by atoms with van der Waals surface area (Å²) in [5.41, 5.74) is 2.81. The molecule has 3 aromatic rings. The Balaban J connectivity index is 1.27. The number of aliphatic hydroxyl groups excluding tert-OH is 1. The van der Waals surface area contributed by atoms with Crippen LogP contribution >= 0.6 is 23.1 Å². The Bertz CT molecular complexity index is 1390. The zero-order chi connectivity index (χ0) is 29.9. The number of nitrogens with zero attached hydrogens (tertiary/aromatic N) is 3. The SMILES string of the molecule is Cc1nnc(SC[C@H]2C[C@@H](c3ccc(CO)cc3)O[C@@H](c3ccc(NC(=O)[C@@H]4CCCN4C(=O)C(F)(F)F)cc3)O2)s1. The van der Waals surface area contributed by atoms with Gasteiger partial charge in [0.2, 0.25) is 5.91 Å². The monoisotopic (exact) mass is 622 g/mol. The topological polar surface area (TPSA) is 114 Å². The fourth-order valence-electron chi connectivity index (χ4n) is 4.92. The van der Waals surface area contributed by atoms with Crippen molar-refractivity contribution in [3.8, 4) is 0 Å². The van der Waals surface area contributed by atoms with E-state index in [9.17, 15) is 27.9 Å². The van der Waals surface area contributed by atoms with E-state index < -0.39 is 30.3 Å². The first kappa shape index (κ1) is 30.4. The van der Waals surface area contributed by atoms with E-state index in [4.69, 9.17) is 9.47 Å². The average Bonchev–Trinajstić information content (AvgIpc) is 3.64. The summed E-state index contributed by atoms with van der Waals surface area (Å²) >= 11 is 3.07. The fraction of sp³-hybridized carbons (Fsp3) is 0.429. The van der Waals surface area contributed by atoms with E-state index in [1.54, 1.807) is 36.0 Å². The number of rotatable bonds is 8. The van der Waals surface area contributed by atoms with Crippen LogP contribution in [0.15, 0.2) is 52.9 Å². The van der Waals surface area contributed by atoms with Gasteiger partial charge in [0.15, 0.2) is 10.6 Å². The maximum atomic E-state index is 13.0. The lowest BCUT2D eigenvalue weighted by Gasteiger charge is -2.36. The molecule has 42 heavy (non-hydrogen) atoms. The summed E-state index contributed by atoms with van der Waals surface area (Å²) in [6.07, 6.45) is -5.14. The quantitative estimate of drug-likeness (QED) is 0.331. The number of thioether (sulfide) groups is 1. The lowest BCUT2D eigenvalue weighted by atomic mass is 10.0. The van der Waals surface area contributed by atoms with Crippen molar-refractivity contribution in [2.75, 3.05) is 17.6 Å². The van der Waals surface area contributed by atoms with Crippen molar-refractivity contribution in [1.82, 2.24) is 15.1 Å². The largest absolute Gasteiger partial charge is 0.471 e. The maximum Gasteiger partial charge on any atom is 0.471 e. The first-order valence-electron chi connectivity index (χ1n) is 13.3. The first-order valence-corrected chi connectivity index (χ1v) is 15.1. The lowest BCUT2D eigenvalue weighted by Crippen LogP contribution is -2.48. The highest BCUT2D eigenvalue weighted by molar-refractivity contribution is 8.01. The number of aromatic nitrogens is 2. The van der Waals surface area contributed by atoms with Crippen LogP contribution in [-0.4, -0.2) is 62.6 Å². The Labute approximate surface area is 248 Å². The molecule has 4 atom stereocenters. The highest BCUT2D eigenvalue weighted by atomic mass is 32.2. The number of carbonyl (C=O) groups is 2. The van der Waals surface area contributed by atoms with Crippen LogP contribution in [0.5, 0.6) is 0 Å². The van der Waals surface area contributed by atoms with Crippen LogP contribution in [-0.2, 0) is 25.7 Å². The van der Waals surface area contributed by atoms with Gasteiger partial charge < -0.3 is 24.8 Å². The van der Waals surface area contributed by atoms with E-state index in [0.29, 0.717) is 34.7 Å². The molecule has 5 rings (SSSR count). The van der Waals surface area contributed by atoms with Crippen molar-refractivity contribution < 1.29 is 37.3 Å². The number of nitrogens with one attached hydrogen (secondary N) is 1. The fourth-order valence-corrected chi connectivity index (χ4v) is 6.78. The molecule has 9 nitrogen and oxygen atoms in total. The Morgan fingerprint density at radius 1 is 1.10 bits per heavy atom. The molecule has 2 amide bonds. The number of aliphatic hydroxyl groups is 1. The highest BCUT2D eigenvalue weighted by Gasteiger charge is 2.47. The summed E-state index contributed by atoms with van der Waals surface area (Å²) < 4.78 is 52.4. The molecule has 2 saturated heterocycles. The number of anilines is 1. The van der Waals surface area contributed by atoms with Crippen molar-refractivity contribution in [1.29, 1.82) is 0 Å². The molecule has 2 aromatic carbocycles. The summed E-state index contributed by atoms with van der Waals surface area (Å²) in [6.45, 7) is 1.72. The number of aryl methyl sites for hydroxylation is 1. The third-order valence-electron chi connectivity index (χ3n) is 7.02. The highest BCUT2D eigenvalue weighted by Crippen LogP contribution is 2.40. The third-order valence-corrected chi connectivity index (χ3v) is 9.13. The van der Waals surface area contributed by atoms with Gasteiger partial charge in [0.05, 0.1) is 18.8 Å². The third kappa shape index (κ3) is 7.29. The summed E-state index contributed by atoms with van der Waals surface area (Å²) in [6, 6.07) is 13.1. The Morgan fingerprint density at radius 2 is 1.81 bits per heavy atom. The minimum atomic E-state index is -5.03. The van der Waals surface area contributed by atoms with Crippen molar-refractivity contribution in [3.63, 3.8) is 0 Å². The van der Waals surface area contributed by atoms with Gasteiger partial charge in [-0.05, 0) is 43.0 Å². The predicted octanol–water partition coefficient (Wildman–Crippen LogP) is 5.17. The molecule has 0 saturated carbocycles. The summed E-state index contributed by atoms with van der Waals surface area (Å²) in [7, 11) is 0. The molecule has 0 unspecified atom stereocenters. The number of alkyl halides is 3. The van der Waals surface area contributed by atoms with E-state index in [-0.39, 0.29) is 31.8 Å². The second-order valence-electron chi connectivity index (χ2n) is 10.0. The number of amides is 2. The average molecular weight is 623 g/mol. The number of ether oxygens (including phenoxy) is 2. The zero-order valence-electron chi connectivity index (χ0n) is 22.5. The van der Waals surface area contributed by atoms with Crippen LogP contribution in [0.4, 0.5) is 18.9 Å². The van der Waals surface area contributed by atoms with E-state index in [0.717, 1.165) is 20.5 Å². The van der Waals surface area contributed by atoms with Crippen LogP contribution in [0.3, 0.4) is 0 Å². The second kappa shape index (κ2) is 13.1. The number of hydrogen-bond acceptors (Lipinski definition) is 9. The molecule has 0 aliphatic carbocycles. The Morgan fingerprint density at radius 3 is 2.45 bits per heavy atom. The molecule has 0 spiro atoms. The molecule has 224 valence electrons. The van der Waals surface area contributed by atoms with E-state index in [1.807, 2.05) is 31.2 Å². The molecule has 0 bridgehead atoms.